The molecule has 2 N–H and O–H groups in total. The van der Waals surface area contributed by atoms with Gasteiger partial charge in [-0.2, -0.15) is 4.39 Å². The Morgan fingerprint density at radius 2 is 1.79 bits per heavy atom. The number of nitrogens with zero attached hydrogens (tertiary/aromatic N) is 3. The summed E-state index contributed by atoms with van der Waals surface area (Å²) in [6.45, 7) is 2.43. The molecule has 5 rings (SSSR count). The maximum Gasteiger partial charge on any atom is 0.257 e. The maximum atomic E-state index is 14.1. The van der Waals surface area contributed by atoms with Crippen molar-refractivity contribution in [1.29, 1.82) is 0 Å². The number of hydrogen-bond donors (Lipinski definition) is 2. The average Bonchev–Trinajstić information content (AvgIpc) is 3.46. The van der Waals surface area contributed by atoms with Crippen LogP contribution in [0, 0.1) is 6.92 Å². The van der Waals surface area contributed by atoms with Crippen LogP contribution < -0.4 is 35.2 Å². The fourth-order valence-electron chi connectivity index (χ4n) is 5.51. The summed E-state index contributed by atoms with van der Waals surface area (Å²) in [4.78, 5) is 47.6. The monoisotopic (exact) mass is 644 g/mol. The van der Waals surface area contributed by atoms with E-state index in [1.165, 1.54) is 34.1 Å². The molecule has 0 aliphatic carbocycles. The van der Waals surface area contributed by atoms with Crippen molar-refractivity contribution >= 4 is 67.7 Å². The highest BCUT2D eigenvalue weighted by atomic mass is 31.0. The lowest BCUT2D eigenvalue weighted by Crippen LogP contribution is -2.44. The van der Waals surface area contributed by atoms with Gasteiger partial charge < -0.3 is 19.9 Å². The van der Waals surface area contributed by atoms with Gasteiger partial charge >= 0.3 is 0 Å². The minimum atomic E-state index is -1.58. The molecule has 0 saturated carbocycles. The molecule has 0 bridgehead atoms. The third-order valence-corrected chi connectivity index (χ3v) is 8.63. The lowest BCUT2D eigenvalue weighted by Gasteiger charge is -2.23. The molecule has 7 atom stereocenters. The zero-order chi connectivity index (χ0) is 31.0. The van der Waals surface area contributed by atoms with E-state index in [1.54, 1.807) is 19.2 Å². The van der Waals surface area contributed by atoms with Crippen LogP contribution in [0.3, 0.4) is 0 Å². The first-order chi connectivity index (χ1) is 20.5. The van der Waals surface area contributed by atoms with Crippen LogP contribution >= 0.6 is 27.7 Å². The van der Waals surface area contributed by atoms with E-state index in [1.807, 2.05) is 28.3 Å². The third kappa shape index (κ3) is 6.37. The van der Waals surface area contributed by atoms with E-state index in [0.717, 1.165) is 16.4 Å². The number of benzene rings is 2. The molecule has 226 valence electrons. The number of halogens is 1. The number of pyridine rings is 1. The van der Waals surface area contributed by atoms with Crippen molar-refractivity contribution in [3.05, 3.63) is 65.2 Å². The van der Waals surface area contributed by atoms with Gasteiger partial charge in [0, 0.05) is 36.3 Å². The zero-order valence-electron chi connectivity index (χ0n) is 23.5. The SMILES string of the molecule is COc1cc(C)c([C@@H]2CN(c3nc(N4CCC(O)C4=O)ccc3P)C(=O)[C@H]2NC(=O)c2ccc(OC(F)P)cc2)c(P)c1. The Balaban J connectivity index is 1.51. The van der Waals surface area contributed by atoms with Crippen LogP contribution in [0.1, 0.15) is 33.8 Å². The molecule has 3 amide bonds. The summed E-state index contributed by atoms with van der Waals surface area (Å²) in [6, 6.07) is 12.1. The summed E-state index contributed by atoms with van der Waals surface area (Å²) in [7, 11) is 8.73. The highest BCUT2D eigenvalue weighted by Gasteiger charge is 2.45. The van der Waals surface area contributed by atoms with E-state index in [-0.39, 0.29) is 23.8 Å². The number of anilines is 2. The topological polar surface area (TPSA) is 121 Å². The van der Waals surface area contributed by atoms with Gasteiger partial charge in [-0.3, -0.25) is 24.2 Å². The van der Waals surface area contributed by atoms with E-state index in [9.17, 15) is 23.9 Å². The number of hydrogen-bond acceptors (Lipinski definition) is 7. The predicted octanol–water partition coefficient (Wildman–Crippen LogP) is 1.93. The van der Waals surface area contributed by atoms with Crippen LogP contribution in [-0.2, 0) is 9.59 Å². The Morgan fingerprint density at radius 3 is 2.40 bits per heavy atom. The van der Waals surface area contributed by atoms with Gasteiger partial charge in [-0.05, 0) is 71.9 Å². The Hall–Kier alpha value is -3.22. The summed E-state index contributed by atoms with van der Waals surface area (Å²) < 4.78 is 23.6. The minimum absolute atomic E-state index is 0.200. The number of alkyl halides is 1. The molecular formula is C29H32FN4O6P3. The van der Waals surface area contributed by atoms with Crippen molar-refractivity contribution in [2.45, 2.75) is 37.5 Å². The number of nitrogens with one attached hydrogen (secondary N) is 1. The number of rotatable bonds is 8. The standard InChI is InChI=1S/C29H32FN4O6P3/c1-14-11-17(39-2)12-21(42)23(14)18-13-34(25-20(41)7-8-22(31-25)33-10-9-19(35)27(33)37)28(38)24(18)32-26(36)15-3-5-16(6-4-15)40-29(30)43/h3-8,11-12,18-19,24,29,35H,9-10,13,41-43H2,1-2H3,(H,32,36)/t18-,19?,24-,29?/m0/s1. The molecule has 2 fully saturated rings. The van der Waals surface area contributed by atoms with E-state index in [0.29, 0.717) is 35.7 Å². The van der Waals surface area contributed by atoms with Crippen molar-refractivity contribution in [1.82, 2.24) is 10.3 Å². The summed E-state index contributed by atoms with van der Waals surface area (Å²) >= 11 is 0. The van der Waals surface area contributed by atoms with Crippen LogP contribution in [0.15, 0.2) is 48.5 Å². The number of carbonyl (C=O) groups excluding carboxylic acids is 3. The quantitative estimate of drug-likeness (QED) is 0.360. The first-order valence-corrected chi connectivity index (χ1v) is 15.3. The predicted molar refractivity (Wildman–Crippen MR) is 172 cm³/mol. The van der Waals surface area contributed by atoms with Crippen molar-refractivity contribution in [2.75, 3.05) is 30.0 Å². The highest BCUT2D eigenvalue weighted by molar-refractivity contribution is 7.28. The van der Waals surface area contributed by atoms with E-state index in [4.69, 9.17) is 9.47 Å². The summed E-state index contributed by atoms with van der Waals surface area (Å²) in [5.41, 5.74) is 2.02. The van der Waals surface area contributed by atoms with Crippen LogP contribution in [0.4, 0.5) is 16.0 Å². The zero-order valence-corrected chi connectivity index (χ0v) is 27.0. The van der Waals surface area contributed by atoms with E-state index in [2.05, 4.69) is 28.8 Å². The Bertz CT molecular complexity index is 1550. The number of amides is 3. The minimum Gasteiger partial charge on any atom is -0.497 e. The maximum absolute atomic E-state index is 14.1. The normalized spacial score (nSPS) is 20.9. The number of aryl methyl sites for hydroxylation is 1. The average molecular weight is 645 g/mol. The van der Waals surface area contributed by atoms with Gasteiger partial charge in [0.25, 0.3) is 17.7 Å². The number of aromatic nitrogens is 1. The van der Waals surface area contributed by atoms with E-state index < -0.39 is 36.0 Å². The van der Waals surface area contributed by atoms with Gasteiger partial charge in [0.05, 0.1) is 7.11 Å². The van der Waals surface area contributed by atoms with Crippen LogP contribution in [0.25, 0.3) is 0 Å². The van der Waals surface area contributed by atoms with Crippen molar-refractivity contribution in [3.63, 3.8) is 0 Å². The number of ether oxygens (including phenoxy) is 2. The molecule has 0 spiro atoms. The molecule has 2 aliphatic rings. The molecule has 3 aromatic rings. The Morgan fingerprint density at radius 1 is 1.07 bits per heavy atom. The van der Waals surface area contributed by atoms with Gasteiger partial charge in [-0.25, -0.2) is 4.98 Å². The van der Waals surface area contributed by atoms with Gasteiger partial charge in [0.2, 0.25) is 6.10 Å². The number of aliphatic hydroxyl groups is 1. The summed E-state index contributed by atoms with van der Waals surface area (Å²) in [6.07, 6.45) is -2.38. The van der Waals surface area contributed by atoms with Crippen molar-refractivity contribution < 1.29 is 33.4 Å². The molecule has 3 heterocycles. The number of carbonyl (C=O) groups is 3. The fourth-order valence-corrected chi connectivity index (χ4v) is 6.59. The number of aliphatic hydroxyl groups excluding tert-OH is 1. The van der Waals surface area contributed by atoms with E-state index >= 15 is 0 Å². The Labute approximate surface area is 255 Å². The summed E-state index contributed by atoms with van der Waals surface area (Å²) in [5.74, 6) is -0.187. The lowest BCUT2D eigenvalue weighted by molar-refractivity contribution is -0.124. The highest BCUT2D eigenvalue weighted by Crippen LogP contribution is 2.35. The molecule has 10 nitrogen and oxygen atoms in total. The molecule has 0 radical (unpaired) electrons. The molecule has 5 unspecified atom stereocenters. The molecule has 1 aromatic heterocycles. The first-order valence-electron chi connectivity index (χ1n) is 13.5. The lowest BCUT2D eigenvalue weighted by atomic mass is 9.90. The van der Waals surface area contributed by atoms with Gasteiger partial charge in [0.1, 0.15) is 35.3 Å². The van der Waals surface area contributed by atoms with Crippen molar-refractivity contribution in [2.24, 2.45) is 0 Å². The third-order valence-electron chi connectivity index (χ3n) is 7.56. The smallest absolute Gasteiger partial charge is 0.257 e. The van der Waals surface area contributed by atoms with Crippen LogP contribution in [0.2, 0.25) is 0 Å². The van der Waals surface area contributed by atoms with Crippen molar-refractivity contribution in [3.8, 4) is 11.5 Å². The largest absolute Gasteiger partial charge is 0.497 e. The second-order valence-corrected chi connectivity index (χ2v) is 12.1. The molecular weight excluding hydrogens is 612 g/mol. The van der Waals surface area contributed by atoms with Crippen LogP contribution in [-0.4, -0.2) is 66.3 Å². The van der Waals surface area contributed by atoms with Gasteiger partial charge in [-0.1, -0.05) is 9.24 Å². The molecule has 43 heavy (non-hydrogen) atoms. The fraction of sp³-hybridized carbons (Fsp3) is 0.310. The van der Waals surface area contributed by atoms with Gasteiger partial charge in [-0.15, -0.1) is 18.5 Å². The molecule has 2 aliphatic heterocycles. The second-order valence-electron chi connectivity index (χ2n) is 10.3. The molecule has 2 saturated heterocycles. The number of methoxy groups -OCH3 is 1. The summed E-state index contributed by atoms with van der Waals surface area (Å²) in [5, 5.41) is 14.3. The Kier molecular flexibility index (Phi) is 9.29. The van der Waals surface area contributed by atoms with Crippen LogP contribution in [0.5, 0.6) is 11.5 Å². The molecule has 14 heteroatoms. The van der Waals surface area contributed by atoms with Gasteiger partial charge in [0.15, 0.2) is 0 Å². The first kappa shape index (κ1) is 31.2. The second kappa shape index (κ2) is 12.8. The molecule has 2 aromatic carbocycles.